The number of halogens is 4. The number of benzene rings is 1. The van der Waals surface area contributed by atoms with E-state index in [4.69, 9.17) is 0 Å². The predicted molar refractivity (Wildman–Crippen MR) is 73.4 cm³/mol. The van der Waals surface area contributed by atoms with Gasteiger partial charge in [-0.25, -0.2) is 0 Å². The summed E-state index contributed by atoms with van der Waals surface area (Å²) in [5.41, 5.74) is -0.719. The molecule has 1 aliphatic heterocycles. The Morgan fingerprint density at radius 1 is 1.40 bits per heavy atom. The van der Waals surface area contributed by atoms with E-state index in [1.54, 1.807) is 4.90 Å². The monoisotopic (exact) mass is 349 g/mol. The third kappa shape index (κ3) is 3.34. The third-order valence-corrected chi connectivity index (χ3v) is 4.16. The average molecular weight is 350 g/mol. The normalized spacial score (nSPS) is 20.1. The second-order valence-corrected chi connectivity index (χ2v) is 6.05. The quantitative estimate of drug-likeness (QED) is 0.738. The van der Waals surface area contributed by atoms with Gasteiger partial charge in [0.25, 0.3) is 5.91 Å². The van der Waals surface area contributed by atoms with Crippen molar-refractivity contribution >= 4 is 21.8 Å². The van der Waals surface area contributed by atoms with E-state index in [0.29, 0.717) is 23.5 Å². The summed E-state index contributed by atoms with van der Waals surface area (Å²) >= 11 is 3.16. The molecule has 0 N–H and O–H groups in total. The highest BCUT2D eigenvalue weighted by Gasteiger charge is 2.32. The van der Waals surface area contributed by atoms with Gasteiger partial charge in [-0.1, -0.05) is 6.92 Å². The molecule has 0 aliphatic carbocycles. The van der Waals surface area contributed by atoms with E-state index in [-0.39, 0.29) is 11.5 Å². The second kappa shape index (κ2) is 5.76. The molecule has 0 spiro atoms. The lowest BCUT2D eigenvalue weighted by atomic mass is 9.99. The summed E-state index contributed by atoms with van der Waals surface area (Å²) in [5, 5.41) is 0. The first-order chi connectivity index (χ1) is 9.29. The molecule has 0 radical (unpaired) electrons. The zero-order chi connectivity index (χ0) is 14.9. The van der Waals surface area contributed by atoms with Crippen LogP contribution in [-0.4, -0.2) is 23.9 Å². The van der Waals surface area contributed by atoms with Crippen molar-refractivity contribution < 1.29 is 18.0 Å². The van der Waals surface area contributed by atoms with Crippen molar-refractivity contribution in [1.82, 2.24) is 4.90 Å². The smallest absolute Gasteiger partial charge is 0.338 e. The summed E-state index contributed by atoms with van der Waals surface area (Å²) in [5.74, 6) is 0.0480. The number of carbonyl (C=O) groups is 1. The summed E-state index contributed by atoms with van der Waals surface area (Å²) in [7, 11) is 0. The summed E-state index contributed by atoms with van der Waals surface area (Å²) in [6.07, 6.45) is -2.50. The molecule has 1 aliphatic rings. The highest BCUT2D eigenvalue weighted by atomic mass is 79.9. The molecule has 1 saturated heterocycles. The van der Waals surface area contributed by atoms with Crippen molar-refractivity contribution in [1.29, 1.82) is 0 Å². The summed E-state index contributed by atoms with van der Waals surface area (Å²) in [4.78, 5) is 14.0. The van der Waals surface area contributed by atoms with Gasteiger partial charge in [0.05, 0.1) is 11.1 Å². The van der Waals surface area contributed by atoms with Gasteiger partial charge in [-0.05, 0) is 52.9 Å². The molecule has 0 saturated carbocycles. The van der Waals surface area contributed by atoms with Crippen LogP contribution in [0.4, 0.5) is 13.2 Å². The van der Waals surface area contributed by atoms with E-state index in [0.717, 1.165) is 25.0 Å². The zero-order valence-electron chi connectivity index (χ0n) is 11.0. The fourth-order valence-electron chi connectivity index (χ4n) is 2.41. The van der Waals surface area contributed by atoms with E-state index in [2.05, 4.69) is 15.9 Å². The van der Waals surface area contributed by atoms with Crippen LogP contribution in [0, 0.1) is 5.92 Å². The van der Waals surface area contributed by atoms with Crippen LogP contribution in [-0.2, 0) is 6.18 Å². The van der Waals surface area contributed by atoms with Gasteiger partial charge in [0.1, 0.15) is 0 Å². The number of piperidine rings is 1. The molecule has 1 amide bonds. The predicted octanol–water partition coefficient (Wildman–Crippen LogP) is 4.34. The molecule has 1 aromatic carbocycles. The molecular formula is C14H15BrF3NO. The summed E-state index contributed by atoms with van der Waals surface area (Å²) in [6, 6.07) is 3.18. The maximum absolute atomic E-state index is 12.7. The van der Waals surface area contributed by atoms with Crippen LogP contribution >= 0.6 is 15.9 Å². The minimum absolute atomic E-state index is 0.0777. The van der Waals surface area contributed by atoms with E-state index in [1.807, 2.05) is 6.92 Å². The van der Waals surface area contributed by atoms with Crippen LogP contribution in [0.15, 0.2) is 22.7 Å². The van der Waals surface area contributed by atoms with Gasteiger partial charge in [-0.3, -0.25) is 4.79 Å². The maximum Gasteiger partial charge on any atom is 0.416 e. The lowest BCUT2D eigenvalue weighted by Crippen LogP contribution is -2.39. The molecule has 20 heavy (non-hydrogen) atoms. The maximum atomic E-state index is 12.7. The number of likely N-dealkylation sites (tertiary alicyclic amines) is 1. The molecule has 0 bridgehead atoms. The Morgan fingerprint density at radius 3 is 2.70 bits per heavy atom. The summed E-state index contributed by atoms with van der Waals surface area (Å²) < 4.78 is 38.6. The van der Waals surface area contributed by atoms with E-state index in [9.17, 15) is 18.0 Å². The van der Waals surface area contributed by atoms with Crippen LogP contribution in [0.25, 0.3) is 0 Å². The first-order valence-corrected chi connectivity index (χ1v) is 7.24. The fourth-order valence-corrected chi connectivity index (χ4v) is 2.83. The van der Waals surface area contributed by atoms with Crippen molar-refractivity contribution in [3.05, 3.63) is 33.8 Å². The first kappa shape index (κ1) is 15.4. The van der Waals surface area contributed by atoms with E-state index in [1.165, 1.54) is 6.07 Å². The molecular weight excluding hydrogens is 335 g/mol. The van der Waals surface area contributed by atoms with Crippen molar-refractivity contribution in [2.24, 2.45) is 5.92 Å². The SMILES string of the molecule is CC1CCCN(C(=O)c2cc(C(F)(F)F)ccc2Br)C1. The van der Waals surface area contributed by atoms with Crippen LogP contribution in [0.5, 0.6) is 0 Å². The molecule has 1 atom stereocenters. The topological polar surface area (TPSA) is 20.3 Å². The number of rotatable bonds is 1. The molecule has 0 aromatic heterocycles. The van der Waals surface area contributed by atoms with E-state index < -0.39 is 11.7 Å². The highest BCUT2D eigenvalue weighted by molar-refractivity contribution is 9.10. The Bertz CT molecular complexity index is 516. The van der Waals surface area contributed by atoms with E-state index >= 15 is 0 Å². The highest BCUT2D eigenvalue weighted by Crippen LogP contribution is 2.32. The zero-order valence-corrected chi connectivity index (χ0v) is 12.6. The van der Waals surface area contributed by atoms with Gasteiger partial charge in [0.2, 0.25) is 0 Å². The number of carbonyl (C=O) groups excluding carboxylic acids is 1. The van der Waals surface area contributed by atoms with Crippen LogP contribution in [0.3, 0.4) is 0 Å². The average Bonchev–Trinajstić information content (AvgIpc) is 2.37. The van der Waals surface area contributed by atoms with Gasteiger partial charge in [-0.2, -0.15) is 13.2 Å². The molecule has 1 fully saturated rings. The molecule has 1 heterocycles. The second-order valence-electron chi connectivity index (χ2n) is 5.19. The molecule has 1 aromatic rings. The van der Waals surface area contributed by atoms with Crippen molar-refractivity contribution in [3.8, 4) is 0 Å². The molecule has 6 heteroatoms. The fraction of sp³-hybridized carbons (Fsp3) is 0.500. The molecule has 1 unspecified atom stereocenters. The largest absolute Gasteiger partial charge is 0.416 e. The Kier molecular flexibility index (Phi) is 4.42. The lowest BCUT2D eigenvalue weighted by Gasteiger charge is -2.31. The molecule has 2 rings (SSSR count). The van der Waals surface area contributed by atoms with Gasteiger partial charge in [0.15, 0.2) is 0 Å². The minimum atomic E-state index is -4.44. The molecule has 110 valence electrons. The standard InChI is InChI=1S/C14H15BrF3NO/c1-9-3-2-6-19(8-9)13(20)11-7-10(14(16,17)18)4-5-12(11)15/h4-5,7,9H,2-3,6,8H2,1H3. The van der Waals surface area contributed by atoms with Crippen LogP contribution < -0.4 is 0 Å². The third-order valence-electron chi connectivity index (χ3n) is 3.47. The number of amides is 1. The number of hydrogen-bond donors (Lipinski definition) is 0. The van der Waals surface area contributed by atoms with Crippen LogP contribution in [0.2, 0.25) is 0 Å². The first-order valence-electron chi connectivity index (χ1n) is 6.45. The van der Waals surface area contributed by atoms with Crippen LogP contribution in [0.1, 0.15) is 35.7 Å². The van der Waals surface area contributed by atoms with Gasteiger partial charge in [-0.15, -0.1) is 0 Å². The van der Waals surface area contributed by atoms with Gasteiger partial charge in [0, 0.05) is 17.6 Å². The number of nitrogens with zero attached hydrogens (tertiary/aromatic N) is 1. The minimum Gasteiger partial charge on any atom is -0.338 e. The Balaban J connectivity index is 2.29. The Hall–Kier alpha value is -1.04. The van der Waals surface area contributed by atoms with Crippen molar-refractivity contribution in [3.63, 3.8) is 0 Å². The Labute approximate surface area is 124 Å². The lowest BCUT2D eigenvalue weighted by molar-refractivity contribution is -0.137. The van der Waals surface area contributed by atoms with Crippen molar-refractivity contribution in [2.45, 2.75) is 25.9 Å². The summed E-state index contributed by atoms with van der Waals surface area (Å²) in [6.45, 7) is 3.24. The van der Waals surface area contributed by atoms with Crippen molar-refractivity contribution in [2.75, 3.05) is 13.1 Å². The number of alkyl halides is 3. The van der Waals surface area contributed by atoms with Gasteiger partial charge >= 0.3 is 6.18 Å². The number of hydrogen-bond acceptors (Lipinski definition) is 1. The Morgan fingerprint density at radius 2 is 2.10 bits per heavy atom. The molecule has 2 nitrogen and oxygen atoms in total. The van der Waals surface area contributed by atoms with Gasteiger partial charge < -0.3 is 4.90 Å².